The highest BCUT2D eigenvalue weighted by Crippen LogP contribution is 2.22. The van der Waals surface area contributed by atoms with Crippen LogP contribution >= 0.6 is 0 Å². The second-order valence-corrected chi connectivity index (χ2v) is 8.22. The van der Waals surface area contributed by atoms with E-state index in [2.05, 4.69) is 6.92 Å². The third kappa shape index (κ3) is 2.90. The van der Waals surface area contributed by atoms with Crippen LogP contribution in [0, 0.1) is 5.92 Å². The molecule has 1 amide bonds. The molecule has 0 spiro atoms. The zero-order chi connectivity index (χ0) is 15.7. The van der Waals surface area contributed by atoms with Gasteiger partial charge in [-0.3, -0.25) is 4.79 Å². The Labute approximate surface area is 132 Å². The lowest BCUT2D eigenvalue weighted by molar-refractivity contribution is 0.0788. The molecule has 1 aromatic carbocycles. The van der Waals surface area contributed by atoms with Gasteiger partial charge in [-0.15, -0.1) is 0 Å². The molecule has 22 heavy (non-hydrogen) atoms. The van der Waals surface area contributed by atoms with Crippen molar-refractivity contribution >= 4 is 15.9 Å². The SMILES string of the molecule is CC1CCN(C(=O)c2ccc(S(=O)(=O)N3CCCC3)cc2)C1. The van der Waals surface area contributed by atoms with Gasteiger partial charge in [0.25, 0.3) is 5.91 Å². The summed E-state index contributed by atoms with van der Waals surface area (Å²) in [4.78, 5) is 14.5. The summed E-state index contributed by atoms with van der Waals surface area (Å²) in [5, 5.41) is 0. The molecule has 120 valence electrons. The Bertz CT molecular complexity index is 648. The summed E-state index contributed by atoms with van der Waals surface area (Å²) in [7, 11) is -3.40. The second kappa shape index (κ2) is 6.01. The van der Waals surface area contributed by atoms with Crippen molar-refractivity contribution in [2.45, 2.75) is 31.1 Å². The van der Waals surface area contributed by atoms with E-state index < -0.39 is 10.0 Å². The maximum Gasteiger partial charge on any atom is 0.253 e. The van der Waals surface area contributed by atoms with E-state index in [1.54, 1.807) is 24.3 Å². The van der Waals surface area contributed by atoms with Crippen LogP contribution in [-0.4, -0.2) is 49.7 Å². The lowest BCUT2D eigenvalue weighted by atomic mass is 10.2. The van der Waals surface area contributed by atoms with Crippen molar-refractivity contribution in [2.24, 2.45) is 5.92 Å². The van der Waals surface area contributed by atoms with Crippen LogP contribution < -0.4 is 0 Å². The standard InChI is InChI=1S/C16H22N2O3S/c1-13-8-11-17(12-13)16(19)14-4-6-15(7-5-14)22(20,21)18-9-2-3-10-18/h4-7,13H,2-3,8-12H2,1H3. The van der Waals surface area contributed by atoms with Gasteiger partial charge in [0.1, 0.15) is 0 Å². The molecule has 2 saturated heterocycles. The van der Waals surface area contributed by atoms with Crippen LogP contribution in [-0.2, 0) is 10.0 Å². The molecule has 0 saturated carbocycles. The summed E-state index contributed by atoms with van der Waals surface area (Å²) >= 11 is 0. The molecule has 1 aromatic rings. The van der Waals surface area contributed by atoms with Crippen molar-refractivity contribution in [1.82, 2.24) is 9.21 Å². The molecule has 1 atom stereocenters. The minimum atomic E-state index is -3.40. The van der Waals surface area contributed by atoms with E-state index in [4.69, 9.17) is 0 Å². The van der Waals surface area contributed by atoms with Crippen molar-refractivity contribution in [2.75, 3.05) is 26.2 Å². The Hall–Kier alpha value is -1.40. The van der Waals surface area contributed by atoms with Crippen LogP contribution in [0.1, 0.15) is 36.5 Å². The highest BCUT2D eigenvalue weighted by Gasteiger charge is 2.28. The summed E-state index contributed by atoms with van der Waals surface area (Å²) in [6, 6.07) is 6.38. The zero-order valence-electron chi connectivity index (χ0n) is 12.9. The molecule has 6 heteroatoms. The Balaban J connectivity index is 1.76. The van der Waals surface area contributed by atoms with E-state index >= 15 is 0 Å². The average Bonchev–Trinajstić information content (AvgIpc) is 3.18. The van der Waals surface area contributed by atoms with E-state index in [1.165, 1.54) is 4.31 Å². The summed E-state index contributed by atoms with van der Waals surface area (Å²) in [5.74, 6) is 0.535. The van der Waals surface area contributed by atoms with E-state index in [-0.39, 0.29) is 10.8 Å². The third-order valence-corrected chi connectivity index (χ3v) is 6.43. The van der Waals surface area contributed by atoms with Crippen molar-refractivity contribution < 1.29 is 13.2 Å². The monoisotopic (exact) mass is 322 g/mol. The fraction of sp³-hybridized carbons (Fsp3) is 0.562. The molecule has 0 radical (unpaired) electrons. The first kappa shape index (κ1) is 15.5. The Morgan fingerprint density at radius 2 is 1.73 bits per heavy atom. The largest absolute Gasteiger partial charge is 0.338 e. The highest BCUT2D eigenvalue weighted by atomic mass is 32.2. The molecule has 0 aromatic heterocycles. The first-order valence-corrected chi connectivity index (χ1v) is 9.32. The van der Waals surface area contributed by atoms with E-state index in [0.29, 0.717) is 24.6 Å². The fourth-order valence-electron chi connectivity index (χ4n) is 3.15. The number of carbonyl (C=O) groups excluding carboxylic acids is 1. The van der Waals surface area contributed by atoms with Crippen molar-refractivity contribution in [3.8, 4) is 0 Å². The minimum Gasteiger partial charge on any atom is -0.338 e. The number of hydrogen-bond donors (Lipinski definition) is 0. The predicted molar refractivity (Wildman–Crippen MR) is 84.1 cm³/mol. The third-order valence-electron chi connectivity index (χ3n) is 4.52. The normalized spacial score (nSPS) is 23.1. The predicted octanol–water partition coefficient (Wildman–Crippen LogP) is 1.95. The molecule has 0 N–H and O–H groups in total. The van der Waals surface area contributed by atoms with E-state index in [1.807, 2.05) is 4.90 Å². The molecule has 2 aliphatic heterocycles. The van der Waals surface area contributed by atoms with Gasteiger partial charge >= 0.3 is 0 Å². The quantitative estimate of drug-likeness (QED) is 0.855. The van der Waals surface area contributed by atoms with E-state index in [0.717, 1.165) is 32.4 Å². The second-order valence-electron chi connectivity index (χ2n) is 6.28. The molecule has 2 heterocycles. The number of carbonyl (C=O) groups is 1. The maximum atomic E-state index is 12.4. The first-order valence-electron chi connectivity index (χ1n) is 7.88. The molecular formula is C16H22N2O3S. The van der Waals surface area contributed by atoms with Crippen LogP contribution in [0.5, 0.6) is 0 Å². The molecular weight excluding hydrogens is 300 g/mol. The fourth-order valence-corrected chi connectivity index (χ4v) is 4.67. The van der Waals surface area contributed by atoms with Gasteiger partial charge in [0.05, 0.1) is 4.90 Å². The smallest absolute Gasteiger partial charge is 0.253 e. The molecule has 2 aliphatic rings. The van der Waals surface area contributed by atoms with Crippen molar-refractivity contribution in [1.29, 1.82) is 0 Å². The zero-order valence-corrected chi connectivity index (χ0v) is 13.7. The van der Waals surface area contributed by atoms with Gasteiger partial charge in [-0.1, -0.05) is 6.92 Å². The van der Waals surface area contributed by atoms with Gasteiger partial charge in [-0.2, -0.15) is 4.31 Å². The van der Waals surface area contributed by atoms with Gasteiger partial charge in [0, 0.05) is 31.7 Å². The first-order chi connectivity index (χ1) is 10.5. The van der Waals surface area contributed by atoms with Crippen LogP contribution in [0.25, 0.3) is 0 Å². The van der Waals surface area contributed by atoms with Crippen molar-refractivity contribution in [3.63, 3.8) is 0 Å². The molecule has 3 rings (SSSR count). The van der Waals surface area contributed by atoms with Crippen molar-refractivity contribution in [3.05, 3.63) is 29.8 Å². The lowest BCUT2D eigenvalue weighted by Gasteiger charge is -2.17. The summed E-state index contributed by atoms with van der Waals surface area (Å²) in [5.41, 5.74) is 0.564. The maximum absolute atomic E-state index is 12.4. The Morgan fingerprint density at radius 3 is 2.27 bits per heavy atom. The average molecular weight is 322 g/mol. The van der Waals surface area contributed by atoms with Gasteiger partial charge in [-0.05, 0) is 49.4 Å². The van der Waals surface area contributed by atoms with Gasteiger partial charge in [0.15, 0.2) is 0 Å². The molecule has 0 aliphatic carbocycles. The topological polar surface area (TPSA) is 57.7 Å². The lowest BCUT2D eigenvalue weighted by Crippen LogP contribution is -2.29. The van der Waals surface area contributed by atoms with Crippen LogP contribution in [0.3, 0.4) is 0 Å². The minimum absolute atomic E-state index is 0.00512. The van der Waals surface area contributed by atoms with Gasteiger partial charge in [-0.25, -0.2) is 8.42 Å². The van der Waals surface area contributed by atoms with Crippen LogP contribution in [0.15, 0.2) is 29.2 Å². The highest BCUT2D eigenvalue weighted by molar-refractivity contribution is 7.89. The molecule has 2 fully saturated rings. The van der Waals surface area contributed by atoms with Gasteiger partial charge in [0.2, 0.25) is 10.0 Å². The number of rotatable bonds is 3. The van der Waals surface area contributed by atoms with Gasteiger partial charge < -0.3 is 4.90 Å². The summed E-state index contributed by atoms with van der Waals surface area (Å²) in [6.07, 6.45) is 2.87. The van der Waals surface area contributed by atoms with E-state index in [9.17, 15) is 13.2 Å². The molecule has 0 bridgehead atoms. The Kier molecular flexibility index (Phi) is 4.23. The van der Waals surface area contributed by atoms with Crippen LogP contribution in [0.2, 0.25) is 0 Å². The molecule has 5 nitrogen and oxygen atoms in total. The number of benzene rings is 1. The van der Waals surface area contributed by atoms with Crippen LogP contribution in [0.4, 0.5) is 0 Å². The molecule has 1 unspecified atom stereocenters. The summed E-state index contributed by atoms with van der Waals surface area (Å²) < 4.78 is 26.4. The number of nitrogens with zero attached hydrogens (tertiary/aromatic N) is 2. The number of likely N-dealkylation sites (tertiary alicyclic amines) is 1. The number of sulfonamides is 1. The number of amides is 1. The number of hydrogen-bond acceptors (Lipinski definition) is 3. The summed E-state index contributed by atoms with van der Waals surface area (Å²) in [6.45, 7) is 4.89. The Morgan fingerprint density at radius 1 is 1.09 bits per heavy atom.